The Morgan fingerprint density at radius 2 is 1.79 bits per heavy atom. The Bertz CT molecular complexity index is 903. The number of rotatable bonds is 4. The van der Waals surface area contributed by atoms with Crippen molar-refractivity contribution in [2.75, 3.05) is 32.6 Å². The van der Waals surface area contributed by atoms with E-state index in [0.717, 1.165) is 47.7 Å². The molecule has 1 N–H and O–H groups in total. The van der Waals surface area contributed by atoms with Gasteiger partial charge in [0, 0.05) is 43.6 Å². The van der Waals surface area contributed by atoms with Gasteiger partial charge in [-0.1, -0.05) is 17.3 Å². The zero-order valence-electron chi connectivity index (χ0n) is 16.7. The molecule has 2 heterocycles. The first-order valence-corrected chi connectivity index (χ1v) is 9.70. The van der Waals surface area contributed by atoms with E-state index in [1.54, 1.807) is 14.2 Å². The molecule has 0 saturated carbocycles. The molecule has 0 radical (unpaired) electrons. The number of piperidine rings is 1. The molecule has 1 saturated heterocycles. The average molecular weight is 395 g/mol. The van der Waals surface area contributed by atoms with Crippen LogP contribution in [0, 0.1) is 0 Å². The van der Waals surface area contributed by atoms with Crippen LogP contribution in [-0.4, -0.2) is 49.6 Å². The molecule has 0 aliphatic carbocycles. The Kier molecular flexibility index (Phi) is 5.29. The molecular weight excluding hydrogens is 370 g/mol. The lowest BCUT2D eigenvalue weighted by Crippen LogP contribution is -2.48. The number of carbonyl (C=O) groups excluding carboxylic acids is 1. The number of hydrogen-bond donors (Lipinski definition) is 1. The zero-order valence-corrected chi connectivity index (χ0v) is 16.7. The van der Waals surface area contributed by atoms with Crippen molar-refractivity contribution in [3.8, 4) is 11.5 Å². The second-order valence-electron chi connectivity index (χ2n) is 7.37. The summed E-state index contributed by atoms with van der Waals surface area (Å²) in [6, 6.07) is 15.1. The lowest BCUT2D eigenvalue weighted by molar-refractivity contribution is -0.0544. The van der Waals surface area contributed by atoms with Crippen LogP contribution < -0.4 is 14.8 Å². The average Bonchev–Trinajstić information content (AvgIpc) is 3.18. The third-order valence-corrected chi connectivity index (χ3v) is 5.55. The van der Waals surface area contributed by atoms with Gasteiger partial charge in [0.2, 0.25) is 0 Å². The maximum atomic E-state index is 12.6. The van der Waals surface area contributed by atoms with E-state index in [9.17, 15) is 4.79 Å². The maximum absolute atomic E-state index is 12.6. The quantitative estimate of drug-likeness (QED) is 0.852. The SMILES string of the molecule is COc1ccc(NC(=O)N2CCC3(CC2)CC(c2cccc(OC)c2)=NO3)cc1. The van der Waals surface area contributed by atoms with E-state index in [0.29, 0.717) is 13.1 Å². The Morgan fingerprint density at radius 3 is 2.48 bits per heavy atom. The number of anilines is 1. The highest BCUT2D eigenvalue weighted by atomic mass is 16.7. The number of nitrogens with zero attached hydrogens (tertiary/aromatic N) is 2. The third-order valence-electron chi connectivity index (χ3n) is 5.55. The smallest absolute Gasteiger partial charge is 0.321 e. The molecule has 0 atom stereocenters. The number of hydrogen-bond acceptors (Lipinski definition) is 5. The summed E-state index contributed by atoms with van der Waals surface area (Å²) in [4.78, 5) is 20.3. The van der Waals surface area contributed by atoms with Crippen LogP contribution in [0.5, 0.6) is 11.5 Å². The fourth-order valence-corrected chi connectivity index (χ4v) is 3.74. The number of benzene rings is 2. The highest BCUT2D eigenvalue weighted by Crippen LogP contribution is 2.36. The number of likely N-dealkylation sites (tertiary alicyclic amines) is 1. The number of oxime groups is 1. The molecule has 2 amide bonds. The molecule has 1 spiro atoms. The summed E-state index contributed by atoms with van der Waals surface area (Å²) in [7, 11) is 3.27. The van der Waals surface area contributed by atoms with Crippen molar-refractivity contribution >= 4 is 17.4 Å². The number of nitrogens with one attached hydrogen (secondary N) is 1. The van der Waals surface area contributed by atoms with Gasteiger partial charge in [0.1, 0.15) is 17.1 Å². The fourth-order valence-electron chi connectivity index (χ4n) is 3.74. The largest absolute Gasteiger partial charge is 0.497 e. The molecule has 2 aromatic carbocycles. The first-order chi connectivity index (χ1) is 14.1. The molecular formula is C22H25N3O4. The predicted molar refractivity (Wildman–Crippen MR) is 111 cm³/mol. The van der Waals surface area contributed by atoms with Crippen molar-refractivity contribution in [3.63, 3.8) is 0 Å². The van der Waals surface area contributed by atoms with E-state index in [4.69, 9.17) is 14.3 Å². The van der Waals surface area contributed by atoms with E-state index in [2.05, 4.69) is 10.5 Å². The molecule has 0 aromatic heterocycles. The molecule has 0 bridgehead atoms. The van der Waals surface area contributed by atoms with E-state index >= 15 is 0 Å². The molecule has 7 heteroatoms. The van der Waals surface area contributed by atoms with Crippen molar-refractivity contribution in [2.45, 2.75) is 24.9 Å². The van der Waals surface area contributed by atoms with Crippen LogP contribution in [0.25, 0.3) is 0 Å². The van der Waals surface area contributed by atoms with Gasteiger partial charge in [-0.05, 0) is 36.4 Å². The summed E-state index contributed by atoms with van der Waals surface area (Å²) >= 11 is 0. The number of carbonyl (C=O) groups is 1. The van der Waals surface area contributed by atoms with Gasteiger partial charge in [-0.3, -0.25) is 0 Å². The second-order valence-corrected chi connectivity index (χ2v) is 7.37. The fraction of sp³-hybridized carbons (Fsp3) is 0.364. The topological polar surface area (TPSA) is 72.4 Å². The molecule has 1 fully saturated rings. The van der Waals surface area contributed by atoms with Gasteiger partial charge < -0.3 is 24.5 Å². The van der Waals surface area contributed by atoms with Crippen LogP contribution in [-0.2, 0) is 4.84 Å². The molecule has 7 nitrogen and oxygen atoms in total. The van der Waals surface area contributed by atoms with Crippen LogP contribution in [0.4, 0.5) is 10.5 Å². The van der Waals surface area contributed by atoms with Crippen molar-refractivity contribution in [3.05, 3.63) is 54.1 Å². The van der Waals surface area contributed by atoms with Crippen LogP contribution in [0.1, 0.15) is 24.8 Å². The van der Waals surface area contributed by atoms with Crippen LogP contribution in [0.3, 0.4) is 0 Å². The van der Waals surface area contributed by atoms with E-state index in [1.807, 2.05) is 53.4 Å². The second kappa shape index (κ2) is 8.03. The zero-order chi connectivity index (χ0) is 20.3. The van der Waals surface area contributed by atoms with Crippen LogP contribution in [0.2, 0.25) is 0 Å². The Hall–Kier alpha value is -3.22. The van der Waals surface area contributed by atoms with Gasteiger partial charge in [0.05, 0.1) is 19.9 Å². The van der Waals surface area contributed by atoms with Gasteiger partial charge in [-0.15, -0.1) is 0 Å². The molecule has 152 valence electrons. The summed E-state index contributed by atoms with van der Waals surface area (Å²) in [6.45, 7) is 1.26. The highest BCUT2D eigenvalue weighted by Gasteiger charge is 2.43. The molecule has 0 unspecified atom stereocenters. The minimum absolute atomic E-state index is 0.100. The van der Waals surface area contributed by atoms with Gasteiger partial charge >= 0.3 is 6.03 Å². The van der Waals surface area contributed by atoms with Crippen molar-refractivity contribution < 1.29 is 19.1 Å². The minimum Gasteiger partial charge on any atom is -0.497 e. The summed E-state index contributed by atoms with van der Waals surface area (Å²) < 4.78 is 10.4. The molecule has 4 rings (SSSR count). The maximum Gasteiger partial charge on any atom is 0.321 e. The predicted octanol–water partition coefficient (Wildman–Crippen LogP) is 3.89. The van der Waals surface area contributed by atoms with E-state index in [-0.39, 0.29) is 11.6 Å². The van der Waals surface area contributed by atoms with Gasteiger partial charge in [0.25, 0.3) is 0 Å². The van der Waals surface area contributed by atoms with Gasteiger partial charge in [-0.2, -0.15) is 0 Å². The molecule has 2 aliphatic heterocycles. The lowest BCUT2D eigenvalue weighted by Gasteiger charge is -2.37. The minimum atomic E-state index is -0.324. The molecule has 2 aromatic rings. The van der Waals surface area contributed by atoms with Crippen LogP contribution >= 0.6 is 0 Å². The van der Waals surface area contributed by atoms with E-state index in [1.165, 1.54) is 0 Å². The first-order valence-electron chi connectivity index (χ1n) is 9.70. The highest BCUT2D eigenvalue weighted by molar-refractivity contribution is 6.02. The Morgan fingerprint density at radius 1 is 1.07 bits per heavy atom. The standard InChI is InChI=1S/C22H25N3O4/c1-27-18-8-6-17(7-9-18)23-21(26)25-12-10-22(11-13-25)15-20(24-29-22)16-4-3-5-19(14-16)28-2/h3-9,14H,10-13,15H2,1-2H3,(H,23,26). The Balaban J connectivity index is 1.32. The third kappa shape index (κ3) is 4.13. The van der Waals surface area contributed by atoms with Crippen molar-refractivity contribution in [1.29, 1.82) is 0 Å². The normalized spacial score (nSPS) is 17.4. The van der Waals surface area contributed by atoms with Crippen LogP contribution in [0.15, 0.2) is 53.7 Å². The number of urea groups is 1. The number of methoxy groups -OCH3 is 2. The van der Waals surface area contributed by atoms with Crippen molar-refractivity contribution in [2.24, 2.45) is 5.16 Å². The summed E-state index contributed by atoms with van der Waals surface area (Å²) in [5, 5.41) is 7.28. The molecule has 2 aliphatic rings. The Labute approximate surface area is 170 Å². The number of ether oxygens (including phenoxy) is 2. The van der Waals surface area contributed by atoms with Crippen molar-refractivity contribution in [1.82, 2.24) is 4.90 Å². The first kappa shape index (κ1) is 19.1. The molecule has 29 heavy (non-hydrogen) atoms. The number of amides is 2. The monoisotopic (exact) mass is 395 g/mol. The van der Waals surface area contributed by atoms with Gasteiger partial charge in [0.15, 0.2) is 0 Å². The summed E-state index contributed by atoms with van der Waals surface area (Å²) in [6.07, 6.45) is 2.24. The van der Waals surface area contributed by atoms with E-state index < -0.39 is 0 Å². The summed E-state index contributed by atoms with van der Waals surface area (Å²) in [5.74, 6) is 1.56. The lowest BCUT2D eigenvalue weighted by atomic mass is 9.85. The summed E-state index contributed by atoms with van der Waals surface area (Å²) in [5.41, 5.74) is 2.37. The van der Waals surface area contributed by atoms with Gasteiger partial charge in [-0.25, -0.2) is 4.79 Å².